The molecule has 1 amide bonds. The number of halogens is 3. The Morgan fingerprint density at radius 2 is 1.78 bits per heavy atom. The minimum Gasteiger partial charge on any atom is -0.431 e. The van der Waals surface area contributed by atoms with Crippen LogP contribution in [-0.2, 0) is 26.4 Å². The summed E-state index contributed by atoms with van der Waals surface area (Å²) in [7, 11) is -7.84. The van der Waals surface area contributed by atoms with Gasteiger partial charge in [0.15, 0.2) is 5.69 Å². The van der Waals surface area contributed by atoms with Crippen molar-refractivity contribution in [3.05, 3.63) is 41.3 Å². The summed E-state index contributed by atoms with van der Waals surface area (Å²) >= 11 is 0. The van der Waals surface area contributed by atoms with Crippen LogP contribution in [0, 0.1) is 6.92 Å². The fourth-order valence-corrected chi connectivity index (χ4v) is 6.40. The molecule has 16 heteroatoms. The van der Waals surface area contributed by atoms with Crippen molar-refractivity contribution in [3.63, 3.8) is 0 Å². The third kappa shape index (κ3) is 7.43. The molecule has 1 aromatic carbocycles. The van der Waals surface area contributed by atoms with Crippen LogP contribution in [0.15, 0.2) is 28.9 Å². The lowest BCUT2D eigenvalue weighted by Crippen LogP contribution is -2.45. The molecule has 0 bridgehead atoms. The van der Waals surface area contributed by atoms with Crippen LogP contribution < -0.4 is 10.0 Å². The molecule has 0 saturated carbocycles. The van der Waals surface area contributed by atoms with E-state index in [4.69, 9.17) is 4.42 Å². The average Bonchev–Trinajstić information content (AvgIpc) is 3.11. The number of hydrogen-bond donors (Lipinski definition) is 2. The van der Waals surface area contributed by atoms with E-state index in [0.29, 0.717) is 18.4 Å². The predicted molar refractivity (Wildman–Crippen MR) is 129 cm³/mol. The highest BCUT2D eigenvalue weighted by Gasteiger charge is 2.32. The summed E-state index contributed by atoms with van der Waals surface area (Å²) in [5, 5.41) is 2.55. The van der Waals surface area contributed by atoms with Crippen LogP contribution in [-0.4, -0.2) is 68.3 Å². The molecule has 2 heterocycles. The van der Waals surface area contributed by atoms with E-state index < -0.39 is 43.6 Å². The number of alkyl halides is 3. The van der Waals surface area contributed by atoms with Crippen LogP contribution in [0.4, 0.5) is 24.9 Å². The first kappa shape index (κ1) is 28.9. The molecule has 1 fully saturated rings. The highest BCUT2D eigenvalue weighted by atomic mass is 32.2. The first-order valence-electron chi connectivity index (χ1n) is 11.4. The van der Waals surface area contributed by atoms with Gasteiger partial charge in [-0.2, -0.15) is 30.9 Å². The average molecular weight is 568 g/mol. The van der Waals surface area contributed by atoms with E-state index in [9.17, 15) is 34.8 Å². The number of oxazole rings is 1. The lowest BCUT2D eigenvalue weighted by molar-refractivity contribution is -0.137. The Bertz CT molecular complexity index is 1330. The number of sulfonamides is 1. The fourth-order valence-electron chi connectivity index (χ4n) is 3.56. The third-order valence-electron chi connectivity index (χ3n) is 5.67. The summed E-state index contributed by atoms with van der Waals surface area (Å²) in [6, 6.07) is 2.72. The van der Waals surface area contributed by atoms with E-state index in [-0.39, 0.29) is 50.1 Å². The highest BCUT2D eigenvalue weighted by Crippen LogP contribution is 2.33. The fraction of sp³-hybridized carbons (Fsp3) is 0.524. The Kier molecular flexibility index (Phi) is 8.87. The summed E-state index contributed by atoms with van der Waals surface area (Å²) in [5.74, 6) is -1.13. The van der Waals surface area contributed by atoms with Gasteiger partial charge in [0.2, 0.25) is 10.0 Å². The van der Waals surface area contributed by atoms with Crippen LogP contribution in [0.2, 0.25) is 0 Å². The Labute approximate surface area is 213 Å². The topological polar surface area (TPSA) is 142 Å². The summed E-state index contributed by atoms with van der Waals surface area (Å²) in [4.78, 5) is 16.3. The van der Waals surface area contributed by atoms with Gasteiger partial charge in [-0.15, -0.1) is 0 Å². The molecule has 1 aromatic heterocycles. The molecule has 2 aromatic rings. The van der Waals surface area contributed by atoms with Gasteiger partial charge in [-0.25, -0.2) is 17.4 Å². The second-order valence-electron chi connectivity index (χ2n) is 8.45. The summed E-state index contributed by atoms with van der Waals surface area (Å²) in [6.45, 7) is 3.41. The Balaban J connectivity index is 1.65. The maximum atomic E-state index is 13.0. The number of carbonyl (C=O) groups excluding carboxylic acids is 1. The van der Waals surface area contributed by atoms with Gasteiger partial charge in [0.05, 0.1) is 11.3 Å². The van der Waals surface area contributed by atoms with E-state index in [1.165, 1.54) is 10.4 Å². The smallest absolute Gasteiger partial charge is 0.416 e. The van der Waals surface area contributed by atoms with Gasteiger partial charge in [-0.1, -0.05) is 19.4 Å². The number of nitrogens with one attached hydrogen (secondary N) is 2. The maximum absolute atomic E-state index is 13.0. The molecule has 0 atom stereocenters. The molecular weight excluding hydrogens is 539 g/mol. The highest BCUT2D eigenvalue weighted by molar-refractivity contribution is 7.89. The van der Waals surface area contributed by atoms with Gasteiger partial charge in [0.1, 0.15) is 6.26 Å². The van der Waals surface area contributed by atoms with Crippen LogP contribution in [0.5, 0.6) is 0 Å². The first-order chi connectivity index (χ1) is 17.2. The Morgan fingerprint density at radius 3 is 2.46 bits per heavy atom. The molecule has 206 valence electrons. The van der Waals surface area contributed by atoms with E-state index in [1.807, 2.05) is 11.6 Å². The van der Waals surface area contributed by atoms with Crippen molar-refractivity contribution in [2.75, 3.05) is 37.2 Å². The molecule has 37 heavy (non-hydrogen) atoms. The molecule has 0 unspecified atom stereocenters. The summed E-state index contributed by atoms with van der Waals surface area (Å²) in [6.07, 6.45) is -2.25. The zero-order valence-electron chi connectivity index (χ0n) is 20.2. The summed E-state index contributed by atoms with van der Waals surface area (Å²) < 4.78 is 98.6. The molecule has 1 saturated heterocycles. The van der Waals surface area contributed by atoms with Crippen molar-refractivity contribution in [1.82, 2.24) is 18.3 Å². The number of aryl methyl sites for hydroxylation is 1. The van der Waals surface area contributed by atoms with Crippen molar-refractivity contribution < 1.29 is 39.2 Å². The van der Waals surface area contributed by atoms with Crippen LogP contribution in [0.3, 0.4) is 0 Å². The first-order valence-corrected chi connectivity index (χ1v) is 14.5. The second-order valence-corrected chi connectivity index (χ2v) is 12.2. The minimum absolute atomic E-state index is 0.00283. The van der Waals surface area contributed by atoms with Crippen LogP contribution in [0.1, 0.15) is 47.8 Å². The van der Waals surface area contributed by atoms with Crippen LogP contribution >= 0.6 is 0 Å². The zero-order valence-corrected chi connectivity index (χ0v) is 21.8. The molecule has 3 rings (SSSR count). The quantitative estimate of drug-likeness (QED) is 0.471. The number of rotatable bonds is 9. The van der Waals surface area contributed by atoms with Gasteiger partial charge in [-0.3, -0.25) is 4.79 Å². The zero-order chi connectivity index (χ0) is 27.4. The number of amides is 1. The summed E-state index contributed by atoms with van der Waals surface area (Å²) in [5.41, 5.74) is -0.828. The molecular formula is C21H28F3N5O6S2. The second kappa shape index (κ2) is 11.4. The molecule has 2 N–H and O–H groups in total. The number of aromatic nitrogens is 1. The predicted octanol–water partition coefficient (Wildman–Crippen LogP) is 2.86. The maximum Gasteiger partial charge on any atom is 0.416 e. The Hall–Kier alpha value is -2.69. The van der Waals surface area contributed by atoms with Gasteiger partial charge >= 0.3 is 16.4 Å². The minimum atomic E-state index is -4.57. The SMILES string of the molecule is CCCCS(=O)(=O)N1CCCN(S(=O)(=O)NC(=O)c2coc(Nc3cc(C(F)(F)F)ccc3C)n2)CC1. The number of hydrogen-bond acceptors (Lipinski definition) is 8. The van der Waals surface area contributed by atoms with Gasteiger partial charge in [0, 0.05) is 31.9 Å². The molecule has 1 aliphatic heterocycles. The third-order valence-corrected chi connectivity index (χ3v) is 9.11. The normalized spacial score (nSPS) is 16.4. The number of anilines is 2. The molecule has 0 radical (unpaired) electrons. The van der Waals surface area contributed by atoms with Gasteiger partial charge < -0.3 is 9.73 Å². The lowest BCUT2D eigenvalue weighted by Gasteiger charge is -2.21. The lowest BCUT2D eigenvalue weighted by atomic mass is 10.1. The number of nitrogens with zero attached hydrogens (tertiary/aromatic N) is 3. The van der Waals surface area contributed by atoms with Gasteiger partial charge in [0.25, 0.3) is 11.9 Å². The standard InChI is InChI=1S/C21H28F3N5O6S2/c1-3-4-12-36(31,32)28-8-5-9-29(11-10-28)37(33,34)27-19(30)18-14-35-20(26-18)25-17-13-16(21(22,23)24)7-6-15(17)2/h6-7,13-14H,3-5,8-12H2,1-2H3,(H,25,26)(H,27,30). The van der Waals surface area contributed by atoms with Gasteiger partial charge in [-0.05, 0) is 37.5 Å². The van der Waals surface area contributed by atoms with E-state index >= 15 is 0 Å². The number of benzene rings is 1. The largest absolute Gasteiger partial charge is 0.431 e. The molecule has 0 spiro atoms. The van der Waals surface area contributed by atoms with Crippen molar-refractivity contribution in [2.24, 2.45) is 0 Å². The molecule has 11 nitrogen and oxygen atoms in total. The Morgan fingerprint density at radius 1 is 1.11 bits per heavy atom. The van der Waals surface area contributed by atoms with E-state index in [2.05, 4.69) is 10.3 Å². The van der Waals surface area contributed by atoms with Crippen molar-refractivity contribution >= 4 is 37.8 Å². The van der Waals surface area contributed by atoms with Crippen LogP contribution in [0.25, 0.3) is 0 Å². The molecule has 1 aliphatic rings. The molecule has 0 aliphatic carbocycles. The number of carbonyl (C=O) groups is 1. The van der Waals surface area contributed by atoms with E-state index in [0.717, 1.165) is 22.7 Å². The van der Waals surface area contributed by atoms with Crippen molar-refractivity contribution in [3.8, 4) is 0 Å². The number of unbranched alkanes of at least 4 members (excludes halogenated alkanes) is 1. The van der Waals surface area contributed by atoms with E-state index in [1.54, 1.807) is 6.92 Å². The van der Waals surface area contributed by atoms with Crippen molar-refractivity contribution in [2.45, 2.75) is 39.3 Å². The monoisotopic (exact) mass is 567 g/mol. The van der Waals surface area contributed by atoms with Crippen molar-refractivity contribution in [1.29, 1.82) is 0 Å².